The lowest BCUT2D eigenvalue weighted by Crippen LogP contribution is -3.00. The summed E-state index contributed by atoms with van der Waals surface area (Å²) in [6, 6.07) is 10.1. The first-order valence-corrected chi connectivity index (χ1v) is 6.13. The summed E-state index contributed by atoms with van der Waals surface area (Å²) in [4.78, 5) is 4.52. The van der Waals surface area contributed by atoms with Crippen LogP contribution in [0, 0.1) is 6.92 Å². The van der Waals surface area contributed by atoms with E-state index < -0.39 is 0 Å². The van der Waals surface area contributed by atoms with Gasteiger partial charge in [0.05, 0.1) is 0 Å². The van der Waals surface area contributed by atoms with Crippen LogP contribution in [0.1, 0.15) is 12.5 Å². The molecule has 98 valence electrons. The summed E-state index contributed by atoms with van der Waals surface area (Å²) in [7, 11) is 0. The molecule has 0 unspecified atom stereocenters. The average molecular weight is 366 g/mol. The van der Waals surface area contributed by atoms with Crippen LogP contribution in [-0.4, -0.2) is 4.98 Å². The van der Waals surface area contributed by atoms with Crippen molar-refractivity contribution in [3.63, 3.8) is 0 Å². The molecule has 3 aromatic rings. The Bertz CT molecular complexity index is 689. The van der Waals surface area contributed by atoms with Gasteiger partial charge in [-0.3, -0.25) is 0 Å². The van der Waals surface area contributed by atoms with Crippen LogP contribution in [0.4, 0.5) is 0 Å². The summed E-state index contributed by atoms with van der Waals surface area (Å²) >= 11 is 0. The number of hydrogen-bond donors (Lipinski definition) is 0. The summed E-state index contributed by atoms with van der Waals surface area (Å²) in [5.41, 5.74) is 3.95. The van der Waals surface area contributed by atoms with E-state index in [2.05, 4.69) is 23.4 Å². The second-order valence-electron chi connectivity index (χ2n) is 4.41. The third-order valence-corrected chi connectivity index (χ3v) is 3.05. The fraction of sp³-hybridized carbons (Fsp3) is 0.200. The van der Waals surface area contributed by atoms with Crippen LogP contribution in [0.3, 0.4) is 0 Å². The monoisotopic (exact) mass is 366 g/mol. The Morgan fingerprint density at radius 1 is 1.16 bits per heavy atom. The van der Waals surface area contributed by atoms with Gasteiger partial charge in [-0.1, -0.05) is 6.07 Å². The highest BCUT2D eigenvalue weighted by Crippen LogP contribution is 2.23. The Morgan fingerprint density at radius 2 is 1.89 bits per heavy atom. The molecule has 1 aromatic carbocycles. The molecule has 3 rings (SSSR count). The molecule has 0 saturated carbocycles. The first-order chi connectivity index (χ1) is 8.76. The van der Waals surface area contributed by atoms with Gasteiger partial charge in [-0.05, 0) is 31.5 Å². The summed E-state index contributed by atoms with van der Waals surface area (Å²) < 4.78 is 7.87. The number of nitrogens with zero attached hydrogens (tertiary/aromatic N) is 2. The number of halogens is 1. The van der Waals surface area contributed by atoms with E-state index in [4.69, 9.17) is 4.42 Å². The highest BCUT2D eigenvalue weighted by molar-refractivity contribution is 5.76. The zero-order chi connectivity index (χ0) is 12.5. The second-order valence-corrected chi connectivity index (χ2v) is 4.41. The molecule has 0 amide bonds. The summed E-state index contributed by atoms with van der Waals surface area (Å²) in [5, 5.41) is 0. The van der Waals surface area contributed by atoms with Gasteiger partial charge in [-0.15, -0.1) is 0 Å². The van der Waals surface area contributed by atoms with E-state index in [0.717, 1.165) is 23.2 Å². The highest BCUT2D eigenvalue weighted by Gasteiger charge is 2.09. The van der Waals surface area contributed by atoms with Gasteiger partial charge in [0.25, 0.3) is 0 Å². The molecule has 0 atom stereocenters. The first-order valence-electron chi connectivity index (χ1n) is 6.13. The quantitative estimate of drug-likeness (QED) is 0.476. The van der Waals surface area contributed by atoms with Crippen molar-refractivity contribution in [2.75, 3.05) is 0 Å². The smallest absolute Gasteiger partial charge is 0.227 e. The molecule has 19 heavy (non-hydrogen) atoms. The lowest BCUT2D eigenvalue weighted by Gasteiger charge is -1.93. The van der Waals surface area contributed by atoms with Crippen molar-refractivity contribution in [3.8, 4) is 11.5 Å². The number of oxazole rings is 1. The topological polar surface area (TPSA) is 29.9 Å². The van der Waals surface area contributed by atoms with Crippen LogP contribution < -0.4 is 28.5 Å². The number of benzene rings is 1. The zero-order valence-electron chi connectivity index (χ0n) is 10.9. The standard InChI is InChI=1S/C15H15N2O.HI/c1-3-17-8-6-12(7-9-17)15-16-13-10-11(2)4-5-14(13)18-15;/h4-10H,3H2,1-2H3;1H/q+1;/p-1. The average Bonchev–Trinajstić information content (AvgIpc) is 2.81. The lowest BCUT2D eigenvalue weighted by atomic mass is 10.2. The first kappa shape index (κ1) is 14.0. The summed E-state index contributed by atoms with van der Waals surface area (Å²) in [6.45, 7) is 5.13. The molecule has 0 aliphatic carbocycles. The maximum absolute atomic E-state index is 5.76. The number of pyridine rings is 1. The molecule has 3 nitrogen and oxygen atoms in total. The van der Waals surface area contributed by atoms with Gasteiger partial charge in [-0.25, -0.2) is 9.55 Å². The molecular weight excluding hydrogens is 351 g/mol. The van der Waals surface area contributed by atoms with Crippen LogP contribution in [0.15, 0.2) is 47.1 Å². The minimum Gasteiger partial charge on any atom is -1.00 e. The molecule has 0 saturated heterocycles. The van der Waals surface area contributed by atoms with Gasteiger partial charge in [0.1, 0.15) is 12.1 Å². The van der Waals surface area contributed by atoms with Crippen LogP contribution >= 0.6 is 0 Å². The third kappa shape index (κ3) is 2.78. The molecule has 0 radical (unpaired) electrons. The van der Waals surface area contributed by atoms with Gasteiger partial charge in [-0.2, -0.15) is 0 Å². The molecule has 0 aliphatic heterocycles. The molecule has 0 fully saturated rings. The van der Waals surface area contributed by atoms with Crippen molar-refractivity contribution in [2.24, 2.45) is 0 Å². The fourth-order valence-corrected chi connectivity index (χ4v) is 1.97. The third-order valence-electron chi connectivity index (χ3n) is 3.05. The van der Waals surface area contributed by atoms with Crippen molar-refractivity contribution < 1.29 is 33.0 Å². The maximum Gasteiger partial charge on any atom is 0.227 e. The van der Waals surface area contributed by atoms with Crippen molar-refractivity contribution >= 4 is 11.1 Å². The summed E-state index contributed by atoms with van der Waals surface area (Å²) in [6.07, 6.45) is 4.07. The Morgan fingerprint density at radius 3 is 2.58 bits per heavy atom. The normalized spacial score (nSPS) is 10.4. The van der Waals surface area contributed by atoms with Gasteiger partial charge in [0.15, 0.2) is 18.0 Å². The van der Waals surface area contributed by atoms with Gasteiger partial charge < -0.3 is 28.4 Å². The van der Waals surface area contributed by atoms with E-state index in [1.165, 1.54) is 5.56 Å². The predicted molar refractivity (Wildman–Crippen MR) is 70.1 cm³/mol. The van der Waals surface area contributed by atoms with Crippen molar-refractivity contribution in [1.82, 2.24) is 4.98 Å². The van der Waals surface area contributed by atoms with Crippen molar-refractivity contribution in [3.05, 3.63) is 48.3 Å². The SMILES string of the molecule is CC[n+]1ccc(-c2nc3cc(C)ccc3o2)cc1.[I-]. The number of rotatable bonds is 2. The Kier molecular flexibility index (Phi) is 4.19. The highest BCUT2D eigenvalue weighted by atomic mass is 127. The van der Waals surface area contributed by atoms with E-state index in [9.17, 15) is 0 Å². The molecular formula is C15H15IN2O. The molecule has 0 aliphatic rings. The van der Waals surface area contributed by atoms with Gasteiger partial charge >= 0.3 is 0 Å². The van der Waals surface area contributed by atoms with E-state index in [1.54, 1.807) is 0 Å². The molecule has 4 heteroatoms. The van der Waals surface area contributed by atoms with E-state index in [1.807, 2.05) is 42.7 Å². The zero-order valence-corrected chi connectivity index (χ0v) is 13.1. The van der Waals surface area contributed by atoms with Gasteiger partial charge in [0, 0.05) is 17.7 Å². The van der Waals surface area contributed by atoms with E-state index in [-0.39, 0.29) is 24.0 Å². The number of hydrogen-bond acceptors (Lipinski definition) is 2. The Hall–Kier alpha value is -1.43. The van der Waals surface area contributed by atoms with Crippen LogP contribution in [0.25, 0.3) is 22.6 Å². The van der Waals surface area contributed by atoms with Crippen LogP contribution in [-0.2, 0) is 6.54 Å². The van der Waals surface area contributed by atoms with Crippen molar-refractivity contribution in [1.29, 1.82) is 0 Å². The molecule has 0 bridgehead atoms. The number of aryl methyl sites for hydroxylation is 2. The molecule has 2 aromatic heterocycles. The van der Waals surface area contributed by atoms with E-state index in [0.29, 0.717) is 5.89 Å². The maximum atomic E-state index is 5.76. The Balaban J connectivity index is 0.00000133. The summed E-state index contributed by atoms with van der Waals surface area (Å²) in [5.74, 6) is 0.679. The molecule has 0 N–H and O–H groups in total. The minimum atomic E-state index is 0. The minimum absolute atomic E-state index is 0. The number of fused-ring (bicyclic) bond motifs is 1. The molecule has 2 heterocycles. The van der Waals surface area contributed by atoms with Crippen LogP contribution in [0.2, 0.25) is 0 Å². The van der Waals surface area contributed by atoms with Crippen molar-refractivity contribution in [2.45, 2.75) is 20.4 Å². The Labute approximate surface area is 129 Å². The second kappa shape index (κ2) is 5.69. The van der Waals surface area contributed by atoms with Gasteiger partial charge in [0.2, 0.25) is 5.89 Å². The lowest BCUT2D eigenvalue weighted by molar-refractivity contribution is -0.693. The van der Waals surface area contributed by atoms with E-state index >= 15 is 0 Å². The van der Waals surface area contributed by atoms with Crippen LogP contribution in [0.5, 0.6) is 0 Å². The largest absolute Gasteiger partial charge is 1.00 e. The fourth-order valence-electron chi connectivity index (χ4n) is 1.97. The number of aromatic nitrogens is 2. The molecule has 0 spiro atoms. The predicted octanol–water partition coefficient (Wildman–Crippen LogP) is 0.115.